The zero-order valence-corrected chi connectivity index (χ0v) is 14.0. The average molecular weight is 365 g/mol. The van der Waals surface area contributed by atoms with Crippen LogP contribution in [0.15, 0.2) is 62.5 Å². The summed E-state index contributed by atoms with van der Waals surface area (Å²) in [4.78, 5) is 40.9. The molecule has 0 aliphatic carbocycles. The van der Waals surface area contributed by atoms with Crippen LogP contribution in [-0.4, -0.2) is 15.9 Å². The third kappa shape index (κ3) is 2.93. The van der Waals surface area contributed by atoms with Crippen molar-refractivity contribution < 1.29 is 9.21 Å². The minimum absolute atomic E-state index is 0.191. The maximum Gasteiger partial charge on any atom is 0.336 e. The molecule has 3 N–H and O–H groups in total. The largest absolute Gasteiger partial charge is 0.423 e. The Hall–Kier alpha value is -3.52. The standard InChI is InChI=1S/C18H11N3O4S/c22-15-6-2-9-7-11(3-5-14(9)25-15)19-16(23)10-1-4-12-13(8-10)20-18(26)21-17(12)24/h1-8H,(H,19,23)(H2,20,21,24,26). The molecule has 2 aromatic carbocycles. The topological polar surface area (TPSA) is 108 Å². The lowest BCUT2D eigenvalue weighted by atomic mass is 10.1. The van der Waals surface area contributed by atoms with Gasteiger partial charge in [-0.2, -0.15) is 0 Å². The number of carbonyl (C=O) groups excluding carboxylic acids is 1. The molecule has 128 valence electrons. The number of hydrogen-bond donors (Lipinski definition) is 3. The van der Waals surface area contributed by atoms with Crippen LogP contribution in [0.5, 0.6) is 0 Å². The first-order valence-corrected chi connectivity index (χ1v) is 8.02. The fourth-order valence-electron chi connectivity index (χ4n) is 2.66. The highest BCUT2D eigenvalue weighted by atomic mass is 32.1. The summed E-state index contributed by atoms with van der Waals surface area (Å²) in [6.07, 6.45) is 0. The van der Waals surface area contributed by atoms with E-state index in [1.54, 1.807) is 42.5 Å². The molecule has 26 heavy (non-hydrogen) atoms. The van der Waals surface area contributed by atoms with Gasteiger partial charge in [-0.3, -0.25) is 14.6 Å². The number of aromatic nitrogens is 2. The fourth-order valence-corrected chi connectivity index (χ4v) is 2.87. The predicted octanol–water partition coefficient (Wildman–Crippen LogP) is 2.94. The smallest absolute Gasteiger partial charge is 0.336 e. The summed E-state index contributed by atoms with van der Waals surface area (Å²) in [5, 5.41) is 3.88. The highest BCUT2D eigenvalue weighted by Crippen LogP contribution is 2.19. The van der Waals surface area contributed by atoms with E-state index < -0.39 is 5.63 Å². The summed E-state index contributed by atoms with van der Waals surface area (Å²) < 4.78 is 5.25. The van der Waals surface area contributed by atoms with Crippen LogP contribution in [0.4, 0.5) is 5.69 Å². The molecular weight excluding hydrogens is 354 g/mol. The van der Waals surface area contributed by atoms with Gasteiger partial charge in [-0.25, -0.2) is 4.79 Å². The zero-order chi connectivity index (χ0) is 18.3. The van der Waals surface area contributed by atoms with Crippen molar-refractivity contribution in [1.82, 2.24) is 9.97 Å². The quantitative estimate of drug-likeness (QED) is 0.374. The number of amides is 1. The number of anilines is 1. The minimum atomic E-state index is -0.433. The van der Waals surface area contributed by atoms with E-state index in [9.17, 15) is 14.4 Å². The average Bonchev–Trinajstić information content (AvgIpc) is 2.61. The molecule has 4 aromatic rings. The SMILES string of the molecule is O=C(Nc1ccc2oc(=O)ccc2c1)c1ccc2c(=O)[nH]c(=S)[nH]c2c1. The van der Waals surface area contributed by atoms with Crippen molar-refractivity contribution in [3.05, 3.63) is 79.6 Å². The summed E-state index contributed by atoms with van der Waals surface area (Å²) in [5.41, 5.74) is 1.09. The van der Waals surface area contributed by atoms with Crippen molar-refractivity contribution in [3.63, 3.8) is 0 Å². The number of nitrogens with one attached hydrogen (secondary N) is 3. The summed E-state index contributed by atoms with van der Waals surface area (Å²) in [6.45, 7) is 0. The maximum absolute atomic E-state index is 12.5. The summed E-state index contributed by atoms with van der Waals surface area (Å²) in [7, 11) is 0. The van der Waals surface area contributed by atoms with Crippen LogP contribution < -0.4 is 16.5 Å². The Morgan fingerprint density at radius 3 is 2.69 bits per heavy atom. The van der Waals surface area contributed by atoms with E-state index >= 15 is 0 Å². The first kappa shape index (κ1) is 16.0. The predicted molar refractivity (Wildman–Crippen MR) is 100 cm³/mol. The second-order valence-corrected chi connectivity index (χ2v) is 6.04. The van der Waals surface area contributed by atoms with Crippen LogP contribution in [0.25, 0.3) is 21.9 Å². The summed E-state index contributed by atoms with van der Waals surface area (Å²) in [6, 6.07) is 12.6. The number of rotatable bonds is 2. The van der Waals surface area contributed by atoms with E-state index in [0.717, 1.165) is 0 Å². The van der Waals surface area contributed by atoms with E-state index in [2.05, 4.69) is 15.3 Å². The molecular formula is C18H11N3O4S. The third-order valence-corrected chi connectivity index (χ3v) is 4.08. The van der Waals surface area contributed by atoms with E-state index in [1.807, 2.05) is 0 Å². The lowest BCUT2D eigenvalue weighted by Gasteiger charge is -2.07. The van der Waals surface area contributed by atoms with Crippen molar-refractivity contribution in [2.24, 2.45) is 0 Å². The molecule has 0 unspecified atom stereocenters. The molecule has 7 nitrogen and oxygen atoms in total. The first-order chi connectivity index (χ1) is 12.5. The van der Waals surface area contributed by atoms with E-state index in [4.69, 9.17) is 16.6 Å². The van der Waals surface area contributed by atoms with E-state index in [0.29, 0.717) is 33.1 Å². The van der Waals surface area contributed by atoms with Gasteiger partial charge in [0.2, 0.25) is 0 Å². The third-order valence-electron chi connectivity index (χ3n) is 3.88. The number of H-pyrrole nitrogens is 2. The molecule has 0 spiro atoms. The van der Waals surface area contributed by atoms with E-state index in [-0.39, 0.29) is 16.2 Å². The van der Waals surface area contributed by atoms with Gasteiger partial charge >= 0.3 is 5.63 Å². The first-order valence-electron chi connectivity index (χ1n) is 7.61. The van der Waals surface area contributed by atoms with Crippen molar-refractivity contribution in [1.29, 1.82) is 0 Å². The van der Waals surface area contributed by atoms with Gasteiger partial charge in [0.15, 0.2) is 4.77 Å². The molecule has 0 aliphatic rings. The highest BCUT2D eigenvalue weighted by molar-refractivity contribution is 7.71. The molecule has 4 rings (SSSR count). The molecule has 0 atom stereocenters. The number of hydrogen-bond acceptors (Lipinski definition) is 5. The van der Waals surface area contributed by atoms with Crippen LogP contribution >= 0.6 is 12.2 Å². The van der Waals surface area contributed by atoms with Crippen LogP contribution in [0.3, 0.4) is 0 Å². The van der Waals surface area contributed by atoms with Gasteiger partial charge < -0.3 is 14.7 Å². The normalized spacial score (nSPS) is 10.9. The van der Waals surface area contributed by atoms with Gasteiger partial charge in [0.05, 0.1) is 10.9 Å². The summed E-state index contributed by atoms with van der Waals surface area (Å²) >= 11 is 4.95. The van der Waals surface area contributed by atoms with Crippen LogP contribution in [-0.2, 0) is 0 Å². The Balaban J connectivity index is 1.68. The van der Waals surface area contributed by atoms with Crippen molar-refractivity contribution in [2.45, 2.75) is 0 Å². The number of carbonyl (C=O) groups is 1. The molecule has 0 saturated heterocycles. The minimum Gasteiger partial charge on any atom is -0.423 e. The number of aromatic amines is 2. The second kappa shape index (κ2) is 6.08. The van der Waals surface area contributed by atoms with E-state index in [1.165, 1.54) is 6.07 Å². The van der Waals surface area contributed by atoms with Crippen molar-refractivity contribution >= 4 is 45.7 Å². The Morgan fingerprint density at radius 1 is 1.00 bits per heavy atom. The van der Waals surface area contributed by atoms with Gasteiger partial charge in [-0.15, -0.1) is 0 Å². The highest BCUT2D eigenvalue weighted by Gasteiger charge is 2.09. The van der Waals surface area contributed by atoms with Gasteiger partial charge in [-0.1, -0.05) is 0 Å². The Labute approximate surface area is 150 Å². The maximum atomic E-state index is 12.5. The van der Waals surface area contributed by atoms with Crippen LogP contribution in [0, 0.1) is 4.77 Å². The second-order valence-electron chi connectivity index (χ2n) is 5.63. The Kier molecular flexibility index (Phi) is 3.74. The molecule has 0 saturated carbocycles. The Bertz CT molecular complexity index is 1350. The molecule has 2 heterocycles. The van der Waals surface area contributed by atoms with Crippen LogP contribution in [0.2, 0.25) is 0 Å². The molecule has 1 amide bonds. The van der Waals surface area contributed by atoms with Gasteiger partial charge in [0, 0.05) is 22.7 Å². The van der Waals surface area contributed by atoms with Crippen molar-refractivity contribution in [2.75, 3.05) is 5.32 Å². The van der Waals surface area contributed by atoms with Gasteiger partial charge in [-0.05, 0) is 54.7 Å². The lowest BCUT2D eigenvalue weighted by molar-refractivity contribution is 0.102. The monoisotopic (exact) mass is 365 g/mol. The zero-order valence-electron chi connectivity index (χ0n) is 13.2. The molecule has 8 heteroatoms. The lowest BCUT2D eigenvalue weighted by Crippen LogP contribution is -2.13. The molecule has 0 aliphatic heterocycles. The Morgan fingerprint density at radius 2 is 1.85 bits per heavy atom. The molecule has 0 fully saturated rings. The fraction of sp³-hybridized carbons (Fsp3) is 0. The molecule has 0 radical (unpaired) electrons. The number of benzene rings is 2. The molecule has 0 bridgehead atoms. The van der Waals surface area contributed by atoms with Gasteiger partial charge in [0.25, 0.3) is 11.5 Å². The summed E-state index contributed by atoms with van der Waals surface area (Å²) in [5.74, 6) is -0.344. The van der Waals surface area contributed by atoms with Crippen LogP contribution in [0.1, 0.15) is 10.4 Å². The van der Waals surface area contributed by atoms with Crippen molar-refractivity contribution in [3.8, 4) is 0 Å². The van der Waals surface area contributed by atoms with Gasteiger partial charge in [0.1, 0.15) is 5.58 Å². The number of fused-ring (bicyclic) bond motifs is 2. The molecule has 2 aromatic heterocycles.